The first-order chi connectivity index (χ1) is 8.87. The smallest absolute Gasteiger partial charge is 0.351 e. The van der Waals surface area contributed by atoms with Gasteiger partial charge in [-0.2, -0.15) is 26.3 Å². The average molecular weight is 306 g/mol. The van der Waals surface area contributed by atoms with E-state index in [2.05, 4.69) is 0 Å². The van der Waals surface area contributed by atoms with Crippen molar-refractivity contribution in [3.63, 3.8) is 0 Å². The fourth-order valence-electron chi connectivity index (χ4n) is 2.14. The largest absolute Gasteiger partial charge is 0.415 e. The molecule has 3 atom stereocenters. The minimum Gasteiger partial charge on any atom is -0.351 e. The van der Waals surface area contributed by atoms with E-state index in [9.17, 15) is 31.1 Å². The van der Waals surface area contributed by atoms with Crippen molar-refractivity contribution in [3.8, 4) is 0 Å². The molecule has 1 amide bonds. The van der Waals surface area contributed by atoms with Crippen molar-refractivity contribution in [2.75, 3.05) is 0 Å². The molecule has 1 aliphatic rings. The summed E-state index contributed by atoms with van der Waals surface area (Å²) in [6, 6.07) is -1.36. The maximum absolute atomic E-state index is 12.8. The molecule has 118 valence electrons. The first-order valence-corrected chi connectivity index (χ1v) is 6.10. The molecule has 0 aromatic carbocycles. The number of amides is 1. The first kappa shape index (κ1) is 17.1. The van der Waals surface area contributed by atoms with Gasteiger partial charge < -0.3 is 11.1 Å². The van der Waals surface area contributed by atoms with Gasteiger partial charge in [0.1, 0.15) is 0 Å². The summed E-state index contributed by atoms with van der Waals surface area (Å²) in [5.41, 5.74) is 1.68. The zero-order chi connectivity index (χ0) is 15.8. The van der Waals surface area contributed by atoms with E-state index in [0.717, 1.165) is 0 Å². The molecule has 1 aliphatic carbocycles. The number of hydrogen-bond donors (Lipinski definition) is 2. The highest BCUT2D eigenvalue weighted by Crippen LogP contribution is 2.38. The summed E-state index contributed by atoms with van der Waals surface area (Å²) in [7, 11) is 0. The van der Waals surface area contributed by atoms with Crippen LogP contribution in [0.25, 0.3) is 0 Å². The summed E-state index contributed by atoms with van der Waals surface area (Å²) < 4.78 is 76.0. The molecule has 0 radical (unpaired) electrons. The highest BCUT2D eigenvalue weighted by molar-refractivity contribution is 5.86. The van der Waals surface area contributed by atoms with Crippen LogP contribution in [-0.2, 0) is 4.79 Å². The predicted octanol–water partition coefficient (Wildman–Crippen LogP) is 2.50. The van der Waals surface area contributed by atoms with Crippen molar-refractivity contribution in [3.05, 3.63) is 0 Å². The van der Waals surface area contributed by atoms with Gasteiger partial charge in [-0.25, -0.2) is 0 Å². The lowest BCUT2D eigenvalue weighted by Crippen LogP contribution is -2.64. The van der Waals surface area contributed by atoms with Crippen LogP contribution in [0.2, 0.25) is 0 Å². The van der Waals surface area contributed by atoms with Gasteiger partial charge in [-0.1, -0.05) is 12.8 Å². The van der Waals surface area contributed by atoms with Crippen molar-refractivity contribution >= 4 is 5.91 Å². The number of carbonyl (C=O) groups excluding carboxylic acids is 1. The van der Waals surface area contributed by atoms with Crippen molar-refractivity contribution in [2.45, 2.75) is 56.5 Å². The third kappa shape index (κ3) is 3.56. The lowest BCUT2D eigenvalue weighted by atomic mass is 9.83. The van der Waals surface area contributed by atoms with Crippen LogP contribution in [0, 0.1) is 5.92 Å². The van der Waals surface area contributed by atoms with E-state index >= 15 is 0 Å². The Kier molecular flexibility index (Phi) is 4.62. The van der Waals surface area contributed by atoms with Crippen LogP contribution >= 0.6 is 0 Å². The van der Waals surface area contributed by atoms with Crippen LogP contribution in [0.4, 0.5) is 26.3 Å². The van der Waals surface area contributed by atoms with Gasteiger partial charge in [-0.3, -0.25) is 4.79 Å². The molecule has 1 fully saturated rings. The van der Waals surface area contributed by atoms with E-state index in [1.54, 1.807) is 0 Å². The summed E-state index contributed by atoms with van der Waals surface area (Å²) in [5, 5.41) is 1.82. The van der Waals surface area contributed by atoms with E-state index in [4.69, 9.17) is 5.73 Å². The van der Waals surface area contributed by atoms with Crippen LogP contribution in [-0.4, -0.2) is 29.8 Å². The third-order valence-corrected chi connectivity index (χ3v) is 3.56. The number of halogens is 6. The highest BCUT2D eigenvalue weighted by atomic mass is 19.4. The fraction of sp³-hybridized carbons (Fsp3) is 0.909. The van der Waals surface area contributed by atoms with Crippen molar-refractivity contribution in [2.24, 2.45) is 11.7 Å². The van der Waals surface area contributed by atoms with E-state index in [0.29, 0.717) is 19.8 Å². The molecule has 0 aliphatic heterocycles. The van der Waals surface area contributed by atoms with Gasteiger partial charge in [0, 0.05) is 6.04 Å². The predicted molar refractivity (Wildman–Crippen MR) is 58.6 cm³/mol. The molecule has 0 aromatic rings. The highest BCUT2D eigenvalue weighted by Gasteiger charge is 2.55. The molecular weight excluding hydrogens is 290 g/mol. The minimum atomic E-state index is -5.03. The summed E-state index contributed by atoms with van der Waals surface area (Å²) in [6.45, 7) is 0.438. The molecule has 0 aromatic heterocycles. The lowest BCUT2D eigenvalue weighted by molar-refractivity contribution is -0.196. The van der Waals surface area contributed by atoms with Crippen LogP contribution < -0.4 is 11.1 Å². The number of nitrogens with two attached hydrogens (primary N) is 1. The summed E-state index contributed by atoms with van der Waals surface area (Å²) in [4.78, 5) is 11.5. The zero-order valence-electron chi connectivity index (χ0n) is 10.7. The number of carbonyl (C=O) groups is 1. The monoisotopic (exact) mass is 306 g/mol. The molecule has 9 heteroatoms. The molecule has 1 rings (SSSR count). The molecule has 0 heterocycles. The molecular formula is C11H16F6N2O. The molecule has 0 spiro atoms. The van der Waals surface area contributed by atoms with E-state index in [1.807, 2.05) is 5.32 Å². The Hall–Kier alpha value is -0.990. The van der Waals surface area contributed by atoms with Crippen LogP contribution in [0.3, 0.4) is 0 Å². The van der Waals surface area contributed by atoms with Crippen molar-refractivity contribution < 1.29 is 31.1 Å². The normalized spacial score (nSPS) is 27.8. The Balaban J connectivity index is 2.83. The maximum Gasteiger partial charge on any atom is 0.415 e. The Labute approximate surface area is 111 Å². The molecule has 0 saturated heterocycles. The van der Waals surface area contributed by atoms with Gasteiger partial charge in [-0.15, -0.1) is 0 Å². The van der Waals surface area contributed by atoms with Gasteiger partial charge in [0.2, 0.25) is 5.91 Å². The molecule has 0 bridgehead atoms. The second-order valence-corrected chi connectivity index (χ2v) is 5.21. The van der Waals surface area contributed by atoms with Gasteiger partial charge in [-0.05, 0) is 19.8 Å². The zero-order valence-corrected chi connectivity index (χ0v) is 10.7. The van der Waals surface area contributed by atoms with Crippen LogP contribution in [0.1, 0.15) is 32.6 Å². The van der Waals surface area contributed by atoms with E-state index in [1.165, 1.54) is 0 Å². The standard InChI is InChI=1S/C11H16F6N2O/c1-9(18,11(15,16)17)8(20)19-7-5-3-2-4-6(7)10(12,13)14/h6-7H,2-5,18H2,1H3,(H,19,20). The minimum absolute atomic E-state index is 0.0101. The molecule has 3 unspecified atom stereocenters. The van der Waals surface area contributed by atoms with Crippen LogP contribution in [0.5, 0.6) is 0 Å². The lowest BCUT2D eigenvalue weighted by Gasteiger charge is -2.36. The van der Waals surface area contributed by atoms with Crippen molar-refractivity contribution in [1.29, 1.82) is 0 Å². The summed E-state index contributed by atoms with van der Waals surface area (Å²) in [5.74, 6) is -3.46. The number of alkyl halides is 6. The second kappa shape index (κ2) is 5.42. The molecule has 3 N–H and O–H groups in total. The van der Waals surface area contributed by atoms with Gasteiger partial charge in [0.05, 0.1) is 5.92 Å². The third-order valence-electron chi connectivity index (χ3n) is 3.56. The molecule has 1 saturated carbocycles. The molecule has 3 nitrogen and oxygen atoms in total. The Morgan fingerprint density at radius 3 is 2.05 bits per heavy atom. The number of hydrogen-bond acceptors (Lipinski definition) is 2. The van der Waals surface area contributed by atoms with Gasteiger partial charge in [0.25, 0.3) is 0 Å². The first-order valence-electron chi connectivity index (χ1n) is 6.10. The maximum atomic E-state index is 12.8. The van der Waals surface area contributed by atoms with Crippen LogP contribution in [0.15, 0.2) is 0 Å². The Morgan fingerprint density at radius 2 is 1.60 bits per heavy atom. The average Bonchev–Trinajstić information content (AvgIpc) is 2.26. The fourth-order valence-corrected chi connectivity index (χ4v) is 2.14. The Bertz CT molecular complexity index is 363. The van der Waals surface area contributed by atoms with Gasteiger partial charge >= 0.3 is 12.4 Å². The van der Waals surface area contributed by atoms with Gasteiger partial charge in [0.15, 0.2) is 5.54 Å². The quantitative estimate of drug-likeness (QED) is 0.770. The van der Waals surface area contributed by atoms with E-state index in [-0.39, 0.29) is 12.8 Å². The SMILES string of the molecule is CC(N)(C(=O)NC1CCCCC1C(F)(F)F)C(F)(F)F. The summed E-state index contributed by atoms with van der Waals surface area (Å²) in [6.07, 6.45) is -9.05. The topological polar surface area (TPSA) is 55.1 Å². The number of rotatable bonds is 2. The molecule has 20 heavy (non-hydrogen) atoms. The second-order valence-electron chi connectivity index (χ2n) is 5.21. The van der Waals surface area contributed by atoms with E-state index < -0.39 is 35.8 Å². The number of nitrogens with one attached hydrogen (secondary N) is 1. The summed E-state index contributed by atoms with van der Waals surface area (Å²) >= 11 is 0. The Morgan fingerprint density at radius 1 is 1.10 bits per heavy atom. The van der Waals surface area contributed by atoms with Crippen molar-refractivity contribution in [1.82, 2.24) is 5.32 Å².